The minimum Gasteiger partial charge on any atom is -0.298 e. The van der Waals surface area contributed by atoms with Gasteiger partial charge in [-0.25, -0.2) is 9.50 Å². The molecule has 4 heteroatoms. The highest BCUT2D eigenvalue weighted by Crippen LogP contribution is 2.34. The molecule has 0 bridgehead atoms. The molecule has 0 aliphatic heterocycles. The molecule has 2 aromatic heterocycles. The van der Waals surface area contributed by atoms with E-state index in [1.54, 1.807) is 16.8 Å². The quantitative estimate of drug-likeness (QED) is 0.696. The number of pyridine rings is 1. The largest absolute Gasteiger partial charge is 0.298 e. The summed E-state index contributed by atoms with van der Waals surface area (Å²) in [5.41, 5.74) is 1.45. The summed E-state index contributed by atoms with van der Waals surface area (Å²) in [7, 11) is 0. The molecule has 0 atom stereocenters. The minimum absolute atomic E-state index is 0.532. The van der Waals surface area contributed by atoms with Crippen LogP contribution in [0.25, 0.3) is 5.65 Å². The number of rotatable bonds is 2. The Morgan fingerprint density at radius 2 is 2.27 bits per heavy atom. The van der Waals surface area contributed by atoms with Crippen LogP contribution >= 0.6 is 0 Å². The van der Waals surface area contributed by atoms with Gasteiger partial charge in [-0.1, -0.05) is 6.42 Å². The summed E-state index contributed by atoms with van der Waals surface area (Å²) in [4.78, 5) is 15.0. The van der Waals surface area contributed by atoms with Gasteiger partial charge in [-0.2, -0.15) is 5.10 Å². The van der Waals surface area contributed by atoms with Gasteiger partial charge in [-0.15, -0.1) is 0 Å². The smallest absolute Gasteiger partial charge is 0.155 e. The second-order valence-electron chi connectivity index (χ2n) is 3.98. The van der Waals surface area contributed by atoms with E-state index in [2.05, 4.69) is 10.1 Å². The van der Waals surface area contributed by atoms with Gasteiger partial charge in [0.05, 0.1) is 0 Å². The third-order valence-corrected chi connectivity index (χ3v) is 2.98. The maximum atomic E-state index is 10.6. The highest BCUT2D eigenvalue weighted by Gasteiger charge is 2.23. The van der Waals surface area contributed by atoms with Crippen molar-refractivity contribution in [2.75, 3.05) is 0 Å². The van der Waals surface area contributed by atoms with Crippen molar-refractivity contribution >= 4 is 11.9 Å². The molecule has 0 amide bonds. The molecule has 2 heterocycles. The summed E-state index contributed by atoms with van der Waals surface area (Å²) >= 11 is 0. The average molecular weight is 201 g/mol. The van der Waals surface area contributed by atoms with E-state index in [9.17, 15) is 4.79 Å². The van der Waals surface area contributed by atoms with Crippen LogP contribution in [0.15, 0.2) is 18.3 Å². The number of aromatic nitrogens is 3. The summed E-state index contributed by atoms with van der Waals surface area (Å²) < 4.78 is 1.69. The molecule has 1 fully saturated rings. The predicted octanol–water partition coefficient (Wildman–Crippen LogP) is 1.81. The van der Waals surface area contributed by atoms with E-state index in [1.165, 1.54) is 19.3 Å². The van der Waals surface area contributed by atoms with Crippen LogP contribution in [0.4, 0.5) is 0 Å². The molecule has 1 saturated carbocycles. The first-order valence-corrected chi connectivity index (χ1v) is 5.18. The molecule has 1 aliphatic carbocycles. The number of carbonyl (C=O) groups is 1. The Morgan fingerprint density at radius 3 is 2.93 bits per heavy atom. The third-order valence-electron chi connectivity index (χ3n) is 2.98. The average Bonchev–Trinajstić information content (AvgIpc) is 2.56. The van der Waals surface area contributed by atoms with Crippen molar-refractivity contribution in [1.29, 1.82) is 0 Å². The molecule has 0 unspecified atom stereocenters. The van der Waals surface area contributed by atoms with Gasteiger partial charge in [0.2, 0.25) is 0 Å². The Labute approximate surface area is 86.9 Å². The first kappa shape index (κ1) is 8.59. The number of aldehydes is 1. The standard InChI is InChI=1S/C11H11N3O/c15-7-8-4-5-10-12-11(9-2-1-3-9)13-14(10)6-8/h4-7,9H,1-3H2. The van der Waals surface area contributed by atoms with E-state index in [4.69, 9.17) is 0 Å². The van der Waals surface area contributed by atoms with Crippen molar-refractivity contribution in [3.8, 4) is 0 Å². The second kappa shape index (κ2) is 3.15. The summed E-state index contributed by atoms with van der Waals surface area (Å²) in [5, 5.41) is 4.39. The molecule has 0 saturated heterocycles. The molecule has 3 rings (SSSR count). The second-order valence-corrected chi connectivity index (χ2v) is 3.98. The molecular formula is C11H11N3O. The normalized spacial score (nSPS) is 16.5. The Balaban J connectivity index is 2.08. The predicted molar refractivity (Wildman–Crippen MR) is 55.0 cm³/mol. The number of carbonyl (C=O) groups excluding carboxylic acids is 1. The van der Waals surface area contributed by atoms with Crippen molar-refractivity contribution in [2.45, 2.75) is 25.2 Å². The molecule has 0 spiro atoms. The van der Waals surface area contributed by atoms with Crippen molar-refractivity contribution in [3.05, 3.63) is 29.7 Å². The molecule has 0 N–H and O–H groups in total. The van der Waals surface area contributed by atoms with Gasteiger partial charge in [0, 0.05) is 17.7 Å². The number of hydrogen-bond donors (Lipinski definition) is 0. The molecule has 0 radical (unpaired) electrons. The Bertz CT molecular complexity index is 514. The number of nitrogens with zero attached hydrogens (tertiary/aromatic N) is 3. The summed E-state index contributed by atoms with van der Waals surface area (Å²) in [6.07, 6.45) is 6.20. The lowest BCUT2D eigenvalue weighted by molar-refractivity contribution is 0.112. The molecule has 2 aromatic rings. The lowest BCUT2D eigenvalue weighted by Gasteiger charge is -2.21. The molecule has 0 aromatic carbocycles. The third kappa shape index (κ3) is 1.33. The molecule has 15 heavy (non-hydrogen) atoms. The molecule has 4 nitrogen and oxygen atoms in total. The molecular weight excluding hydrogens is 190 g/mol. The van der Waals surface area contributed by atoms with Crippen LogP contribution < -0.4 is 0 Å². The van der Waals surface area contributed by atoms with E-state index in [0.717, 1.165) is 17.8 Å². The summed E-state index contributed by atoms with van der Waals surface area (Å²) in [6, 6.07) is 3.60. The maximum Gasteiger partial charge on any atom is 0.155 e. The van der Waals surface area contributed by atoms with Gasteiger partial charge in [-0.05, 0) is 25.0 Å². The van der Waals surface area contributed by atoms with E-state index < -0.39 is 0 Å². The van der Waals surface area contributed by atoms with Gasteiger partial charge in [0.15, 0.2) is 17.8 Å². The fourth-order valence-corrected chi connectivity index (χ4v) is 1.83. The minimum atomic E-state index is 0.532. The van der Waals surface area contributed by atoms with Crippen LogP contribution in [0.5, 0.6) is 0 Å². The Kier molecular flexibility index (Phi) is 1.80. The maximum absolute atomic E-state index is 10.6. The SMILES string of the molecule is O=Cc1ccc2nc(C3CCC3)nn2c1. The van der Waals surface area contributed by atoms with Gasteiger partial charge in [0.25, 0.3) is 0 Å². The zero-order valence-electron chi connectivity index (χ0n) is 8.26. The van der Waals surface area contributed by atoms with Gasteiger partial charge in [-0.3, -0.25) is 4.79 Å². The molecule has 1 aliphatic rings. The van der Waals surface area contributed by atoms with Crippen molar-refractivity contribution in [2.24, 2.45) is 0 Å². The lowest BCUT2D eigenvalue weighted by atomic mass is 9.85. The van der Waals surface area contributed by atoms with Crippen molar-refractivity contribution in [3.63, 3.8) is 0 Å². The van der Waals surface area contributed by atoms with Crippen LogP contribution in [-0.2, 0) is 0 Å². The Morgan fingerprint density at radius 1 is 1.40 bits per heavy atom. The molecule has 76 valence electrons. The van der Waals surface area contributed by atoms with Gasteiger partial charge in [0.1, 0.15) is 0 Å². The zero-order chi connectivity index (χ0) is 10.3. The first-order valence-electron chi connectivity index (χ1n) is 5.18. The highest BCUT2D eigenvalue weighted by molar-refractivity contribution is 5.74. The van der Waals surface area contributed by atoms with E-state index in [1.807, 2.05) is 6.07 Å². The fraction of sp³-hybridized carbons (Fsp3) is 0.364. The van der Waals surface area contributed by atoms with Crippen LogP contribution in [0.1, 0.15) is 41.4 Å². The summed E-state index contributed by atoms with van der Waals surface area (Å²) in [5.74, 6) is 1.45. The van der Waals surface area contributed by atoms with Gasteiger partial charge < -0.3 is 0 Å². The Hall–Kier alpha value is -1.71. The highest BCUT2D eigenvalue weighted by atomic mass is 16.1. The topological polar surface area (TPSA) is 47.3 Å². The van der Waals surface area contributed by atoms with Crippen molar-refractivity contribution < 1.29 is 4.79 Å². The van der Waals surface area contributed by atoms with Crippen LogP contribution in [0.2, 0.25) is 0 Å². The zero-order valence-corrected chi connectivity index (χ0v) is 8.26. The number of fused-ring (bicyclic) bond motifs is 1. The van der Waals surface area contributed by atoms with Gasteiger partial charge >= 0.3 is 0 Å². The van der Waals surface area contributed by atoms with Crippen LogP contribution in [-0.4, -0.2) is 20.9 Å². The lowest BCUT2D eigenvalue weighted by Crippen LogP contribution is -2.10. The van der Waals surface area contributed by atoms with E-state index in [0.29, 0.717) is 11.5 Å². The number of hydrogen-bond acceptors (Lipinski definition) is 3. The fourth-order valence-electron chi connectivity index (χ4n) is 1.83. The van der Waals surface area contributed by atoms with E-state index in [-0.39, 0.29) is 0 Å². The first-order chi connectivity index (χ1) is 7.36. The van der Waals surface area contributed by atoms with Crippen molar-refractivity contribution in [1.82, 2.24) is 14.6 Å². The summed E-state index contributed by atoms with van der Waals surface area (Å²) in [6.45, 7) is 0. The van der Waals surface area contributed by atoms with Crippen LogP contribution in [0.3, 0.4) is 0 Å². The monoisotopic (exact) mass is 201 g/mol. The van der Waals surface area contributed by atoms with Crippen LogP contribution in [0, 0.1) is 0 Å². The van der Waals surface area contributed by atoms with E-state index >= 15 is 0 Å².